The van der Waals surface area contributed by atoms with E-state index in [4.69, 9.17) is 0 Å². The minimum Gasteiger partial charge on any atom is -0.392 e. The van der Waals surface area contributed by atoms with Crippen molar-refractivity contribution in [2.45, 2.75) is 52.2 Å². The fraction of sp³-hybridized carbons (Fsp3) is 0.611. The molecule has 2 aromatic heterocycles. The summed E-state index contributed by atoms with van der Waals surface area (Å²) < 4.78 is 1.94. The first-order valence-corrected chi connectivity index (χ1v) is 9.11. The third-order valence-electron chi connectivity index (χ3n) is 5.05. The lowest BCUT2D eigenvalue weighted by Gasteiger charge is -2.38. The average molecular weight is 472 g/mol. The van der Waals surface area contributed by atoms with Gasteiger partial charge in [0.05, 0.1) is 6.10 Å². The summed E-state index contributed by atoms with van der Waals surface area (Å²) in [5.41, 5.74) is 0.721. The molecule has 0 aliphatic heterocycles. The van der Waals surface area contributed by atoms with Gasteiger partial charge >= 0.3 is 0 Å². The smallest absolute Gasteiger partial charge is 0.191 e. The maximum Gasteiger partial charge on any atom is 0.191 e. The van der Waals surface area contributed by atoms with Gasteiger partial charge < -0.3 is 15.7 Å². The predicted molar refractivity (Wildman–Crippen MR) is 114 cm³/mol. The highest BCUT2D eigenvalue weighted by atomic mass is 127. The zero-order valence-corrected chi connectivity index (χ0v) is 17.8. The molecule has 2 heterocycles. The number of hydrogen-bond donors (Lipinski definition) is 3. The lowest BCUT2D eigenvalue weighted by atomic mass is 9.73. The predicted octanol–water partition coefficient (Wildman–Crippen LogP) is 2.34. The maximum atomic E-state index is 10.3. The minimum atomic E-state index is -0.253. The number of hydrogen-bond acceptors (Lipinski definition) is 4. The molecule has 0 bridgehead atoms. The molecule has 0 spiro atoms. The Balaban J connectivity index is 0.00000243. The van der Waals surface area contributed by atoms with Crippen LogP contribution in [0.2, 0.25) is 0 Å². The van der Waals surface area contributed by atoms with Crippen LogP contribution < -0.4 is 10.6 Å². The van der Waals surface area contributed by atoms with Gasteiger partial charge in [0, 0.05) is 24.7 Å². The van der Waals surface area contributed by atoms with Crippen molar-refractivity contribution in [3.63, 3.8) is 0 Å². The van der Waals surface area contributed by atoms with Crippen molar-refractivity contribution in [1.82, 2.24) is 25.2 Å². The molecule has 0 aromatic carbocycles. The molecule has 1 aliphatic rings. The summed E-state index contributed by atoms with van der Waals surface area (Å²) in [5.74, 6) is 1.55. The van der Waals surface area contributed by atoms with Crippen LogP contribution in [0.5, 0.6) is 0 Å². The Morgan fingerprint density at radius 3 is 2.96 bits per heavy atom. The molecule has 144 valence electrons. The first kappa shape index (κ1) is 20.9. The standard InChI is InChI=1S/C18H28N6O.HI/c1-3-19-17(21-13-18(2)10-6-4-8-14(18)25)20-12-16-23-22-15-9-5-7-11-24(15)16;/h5,7,9,11,14,25H,3-4,6,8,10,12-13H2,1-2H3,(H2,19,20,21);1H. The number of aliphatic hydroxyl groups excluding tert-OH is 1. The quantitative estimate of drug-likeness (QED) is 0.354. The van der Waals surface area contributed by atoms with Crippen molar-refractivity contribution in [1.29, 1.82) is 0 Å². The summed E-state index contributed by atoms with van der Waals surface area (Å²) >= 11 is 0. The summed E-state index contributed by atoms with van der Waals surface area (Å²) in [5, 5.41) is 25.4. The van der Waals surface area contributed by atoms with Crippen molar-refractivity contribution < 1.29 is 5.11 Å². The molecule has 0 radical (unpaired) electrons. The molecule has 1 aliphatic carbocycles. The molecule has 3 rings (SSSR count). The Hall–Kier alpha value is -1.42. The number of rotatable bonds is 5. The van der Waals surface area contributed by atoms with E-state index in [2.05, 4.69) is 32.7 Å². The van der Waals surface area contributed by atoms with Crippen LogP contribution in [0.4, 0.5) is 0 Å². The van der Waals surface area contributed by atoms with E-state index in [-0.39, 0.29) is 35.5 Å². The van der Waals surface area contributed by atoms with Crippen molar-refractivity contribution in [3.8, 4) is 0 Å². The SMILES string of the molecule is CCNC(=NCc1nnc2ccccn12)NCC1(C)CCCCC1O.I. The highest BCUT2D eigenvalue weighted by Gasteiger charge is 2.35. The van der Waals surface area contributed by atoms with Gasteiger partial charge in [-0.25, -0.2) is 4.99 Å². The van der Waals surface area contributed by atoms with Crippen LogP contribution in [0.1, 0.15) is 45.4 Å². The molecule has 1 saturated carbocycles. The van der Waals surface area contributed by atoms with E-state index >= 15 is 0 Å². The van der Waals surface area contributed by atoms with Crippen molar-refractivity contribution in [2.24, 2.45) is 10.4 Å². The Morgan fingerprint density at radius 2 is 2.19 bits per heavy atom. The lowest BCUT2D eigenvalue weighted by Crippen LogP contribution is -2.48. The molecular formula is C18H29IN6O. The normalized spacial score (nSPS) is 23.5. The van der Waals surface area contributed by atoms with E-state index in [1.165, 1.54) is 6.42 Å². The minimum absolute atomic E-state index is 0. The van der Waals surface area contributed by atoms with Gasteiger partial charge in [0.2, 0.25) is 0 Å². The van der Waals surface area contributed by atoms with E-state index < -0.39 is 0 Å². The molecule has 2 aromatic rings. The molecular weight excluding hydrogens is 443 g/mol. The van der Waals surface area contributed by atoms with E-state index in [1.54, 1.807) is 0 Å². The molecule has 7 nitrogen and oxygen atoms in total. The Labute approximate surface area is 171 Å². The number of nitrogens with one attached hydrogen (secondary N) is 2. The highest BCUT2D eigenvalue weighted by molar-refractivity contribution is 14.0. The molecule has 0 saturated heterocycles. The monoisotopic (exact) mass is 472 g/mol. The van der Waals surface area contributed by atoms with Gasteiger partial charge in [-0.3, -0.25) is 4.40 Å². The summed E-state index contributed by atoms with van der Waals surface area (Å²) in [4.78, 5) is 4.64. The van der Waals surface area contributed by atoms with Gasteiger partial charge in [-0.2, -0.15) is 0 Å². The fourth-order valence-electron chi connectivity index (χ4n) is 3.36. The number of nitrogens with zero attached hydrogens (tertiary/aromatic N) is 4. The highest BCUT2D eigenvalue weighted by Crippen LogP contribution is 2.35. The largest absolute Gasteiger partial charge is 0.392 e. The van der Waals surface area contributed by atoms with Crippen LogP contribution in [-0.2, 0) is 6.54 Å². The molecule has 2 unspecified atom stereocenters. The zero-order chi connectivity index (χ0) is 17.7. The average Bonchev–Trinajstić information content (AvgIpc) is 3.03. The van der Waals surface area contributed by atoms with Gasteiger partial charge in [0.1, 0.15) is 6.54 Å². The van der Waals surface area contributed by atoms with Crippen LogP contribution in [0.25, 0.3) is 5.65 Å². The lowest BCUT2D eigenvalue weighted by molar-refractivity contribution is 0.00397. The number of aliphatic hydroxyl groups is 1. The second-order valence-electron chi connectivity index (χ2n) is 7.01. The second kappa shape index (κ2) is 9.50. The van der Waals surface area contributed by atoms with E-state index in [0.717, 1.165) is 43.2 Å². The third kappa shape index (κ3) is 4.85. The molecule has 1 fully saturated rings. The Kier molecular flexibility index (Phi) is 7.63. The molecule has 2 atom stereocenters. The first-order chi connectivity index (χ1) is 12.1. The molecule has 26 heavy (non-hydrogen) atoms. The second-order valence-corrected chi connectivity index (χ2v) is 7.01. The van der Waals surface area contributed by atoms with E-state index in [9.17, 15) is 5.11 Å². The van der Waals surface area contributed by atoms with Gasteiger partial charge in [-0.05, 0) is 31.9 Å². The Morgan fingerprint density at radius 1 is 1.35 bits per heavy atom. The number of fused-ring (bicyclic) bond motifs is 1. The third-order valence-corrected chi connectivity index (χ3v) is 5.05. The van der Waals surface area contributed by atoms with Gasteiger partial charge in [-0.1, -0.05) is 25.8 Å². The number of halogens is 1. The van der Waals surface area contributed by atoms with Crippen LogP contribution >= 0.6 is 24.0 Å². The maximum absolute atomic E-state index is 10.3. The summed E-state index contributed by atoms with van der Waals surface area (Å²) in [6, 6.07) is 5.83. The van der Waals surface area contributed by atoms with Gasteiger partial charge in [-0.15, -0.1) is 34.2 Å². The number of aliphatic imine (C=N–C) groups is 1. The van der Waals surface area contributed by atoms with E-state index in [1.807, 2.05) is 35.7 Å². The summed E-state index contributed by atoms with van der Waals surface area (Å²) in [6.07, 6.45) is 5.91. The molecule has 3 N–H and O–H groups in total. The van der Waals surface area contributed by atoms with Crippen molar-refractivity contribution >= 4 is 35.6 Å². The van der Waals surface area contributed by atoms with Gasteiger partial charge in [0.25, 0.3) is 0 Å². The number of guanidine groups is 1. The topological polar surface area (TPSA) is 86.8 Å². The Bertz CT molecular complexity index is 733. The fourth-order valence-corrected chi connectivity index (χ4v) is 3.36. The van der Waals surface area contributed by atoms with E-state index in [0.29, 0.717) is 13.1 Å². The van der Waals surface area contributed by atoms with Crippen LogP contribution in [0.3, 0.4) is 0 Å². The van der Waals surface area contributed by atoms with Crippen LogP contribution in [0, 0.1) is 5.41 Å². The molecule has 8 heteroatoms. The summed E-state index contributed by atoms with van der Waals surface area (Å²) in [7, 11) is 0. The number of aromatic nitrogens is 3. The summed E-state index contributed by atoms with van der Waals surface area (Å²) in [6.45, 7) is 6.13. The van der Waals surface area contributed by atoms with Crippen molar-refractivity contribution in [3.05, 3.63) is 30.2 Å². The van der Waals surface area contributed by atoms with Gasteiger partial charge in [0.15, 0.2) is 17.4 Å². The van der Waals surface area contributed by atoms with Crippen molar-refractivity contribution in [2.75, 3.05) is 13.1 Å². The van der Waals surface area contributed by atoms with Crippen LogP contribution in [0.15, 0.2) is 29.4 Å². The first-order valence-electron chi connectivity index (χ1n) is 9.11. The zero-order valence-electron chi connectivity index (χ0n) is 15.5. The molecule has 0 amide bonds. The van der Waals surface area contributed by atoms with Crippen LogP contribution in [-0.4, -0.2) is 44.9 Å². The number of pyridine rings is 1.